The number of carboxylic acids is 1. The van der Waals surface area contributed by atoms with Crippen molar-refractivity contribution in [3.63, 3.8) is 0 Å². The summed E-state index contributed by atoms with van der Waals surface area (Å²) in [5, 5.41) is 14.2. The van der Waals surface area contributed by atoms with Gasteiger partial charge in [0.2, 0.25) is 0 Å². The zero-order chi connectivity index (χ0) is 17.6. The number of fused-ring (bicyclic) bond motifs is 2. The van der Waals surface area contributed by atoms with Crippen LogP contribution >= 0.6 is 38.9 Å². The molecule has 1 N–H and O–H groups in total. The first-order chi connectivity index (χ1) is 12.0. The molecule has 0 aliphatic rings. The van der Waals surface area contributed by atoms with E-state index in [1.54, 1.807) is 11.3 Å². The van der Waals surface area contributed by atoms with Gasteiger partial charge in [0, 0.05) is 28.1 Å². The van der Waals surface area contributed by atoms with Crippen molar-refractivity contribution >= 4 is 65.8 Å². The van der Waals surface area contributed by atoms with Crippen LogP contribution in [0.5, 0.6) is 0 Å². The summed E-state index contributed by atoms with van der Waals surface area (Å²) in [4.78, 5) is 11.2. The van der Waals surface area contributed by atoms with E-state index in [2.05, 4.69) is 31.9 Å². The third kappa shape index (κ3) is 3.08. The highest BCUT2D eigenvalue weighted by Gasteiger charge is 2.14. The van der Waals surface area contributed by atoms with E-state index in [4.69, 9.17) is 11.6 Å². The van der Waals surface area contributed by atoms with Gasteiger partial charge < -0.3 is 9.67 Å². The molecule has 0 unspecified atom stereocenters. The summed E-state index contributed by atoms with van der Waals surface area (Å²) in [6.07, 6.45) is 1.96. The van der Waals surface area contributed by atoms with Gasteiger partial charge in [0.25, 0.3) is 0 Å². The summed E-state index contributed by atoms with van der Waals surface area (Å²) >= 11 is 11.4. The number of carbonyl (C=O) groups is 1. The minimum Gasteiger partial charge on any atom is -0.481 e. The van der Waals surface area contributed by atoms with Crippen LogP contribution < -0.4 is 0 Å². The lowest BCUT2D eigenvalue weighted by molar-refractivity contribution is -0.136. The van der Waals surface area contributed by atoms with Gasteiger partial charge in [-0.2, -0.15) is 0 Å². The highest BCUT2D eigenvalue weighted by atomic mass is 79.9. The van der Waals surface area contributed by atoms with Crippen LogP contribution in [0.3, 0.4) is 0 Å². The number of aliphatic carboxylic acids is 1. The number of aromatic nitrogens is 1. The Bertz CT molecular complexity index is 1120. The SMILES string of the molecule is O=C(O)Cc1cn(Cc2csc3c(Cl)cccc23)c2cc(Br)ccc12. The van der Waals surface area contributed by atoms with Crippen LogP contribution in [0.2, 0.25) is 5.02 Å². The Labute approximate surface area is 161 Å². The van der Waals surface area contributed by atoms with Gasteiger partial charge in [-0.1, -0.05) is 45.7 Å². The minimum absolute atomic E-state index is 0.0152. The number of thiophene rings is 1. The van der Waals surface area contributed by atoms with E-state index in [9.17, 15) is 9.90 Å². The summed E-state index contributed by atoms with van der Waals surface area (Å²) < 4.78 is 4.17. The van der Waals surface area contributed by atoms with Crippen molar-refractivity contribution in [2.75, 3.05) is 0 Å². The number of rotatable bonds is 4. The van der Waals surface area contributed by atoms with Gasteiger partial charge >= 0.3 is 5.97 Å². The molecule has 0 saturated carbocycles. The van der Waals surface area contributed by atoms with E-state index >= 15 is 0 Å². The monoisotopic (exact) mass is 433 g/mol. The molecule has 0 fully saturated rings. The number of benzene rings is 2. The fourth-order valence-corrected chi connectivity index (χ4v) is 4.78. The standard InChI is InChI=1S/C19H13BrClNO2S/c20-13-4-5-14-11(6-18(23)24)8-22(17(14)7-13)9-12-10-25-19-15(12)2-1-3-16(19)21/h1-5,7-8,10H,6,9H2,(H,23,24). The topological polar surface area (TPSA) is 42.2 Å². The molecule has 0 bridgehead atoms. The lowest BCUT2D eigenvalue weighted by Gasteiger charge is -2.05. The van der Waals surface area contributed by atoms with Crippen molar-refractivity contribution in [3.05, 3.63) is 68.6 Å². The van der Waals surface area contributed by atoms with E-state index < -0.39 is 5.97 Å². The van der Waals surface area contributed by atoms with Gasteiger partial charge in [-0.05, 0) is 40.1 Å². The van der Waals surface area contributed by atoms with E-state index in [1.807, 2.05) is 36.5 Å². The first-order valence-electron chi connectivity index (χ1n) is 7.66. The number of nitrogens with zero attached hydrogens (tertiary/aromatic N) is 1. The molecule has 0 spiro atoms. The summed E-state index contributed by atoms with van der Waals surface area (Å²) in [6.45, 7) is 0.674. The van der Waals surface area contributed by atoms with Gasteiger partial charge in [0.05, 0.1) is 16.1 Å². The Morgan fingerprint density at radius 2 is 2.04 bits per heavy atom. The normalized spacial score (nSPS) is 11.4. The Hall–Kier alpha value is -1.82. The van der Waals surface area contributed by atoms with Crippen LogP contribution in [0.25, 0.3) is 21.0 Å². The number of hydrogen-bond acceptors (Lipinski definition) is 2. The van der Waals surface area contributed by atoms with Crippen molar-refractivity contribution in [3.8, 4) is 0 Å². The fourth-order valence-electron chi connectivity index (χ4n) is 3.16. The lowest BCUT2D eigenvalue weighted by Crippen LogP contribution is -2.00. The smallest absolute Gasteiger partial charge is 0.307 e. The second-order valence-electron chi connectivity index (χ2n) is 5.89. The zero-order valence-corrected chi connectivity index (χ0v) is 16.2. The first-order valence-corrected chi connectivity index (χ1v) is 9.71. The van der Waals surface area contributed by atoms with Gasteiger partial charge in [0.15, 0.2) is 0 Å². The molecule has 6 heteroatoms. The molecule has 4 rings (SSSR count). The molecule has 2 heterocycles. The maximum atomic E-state index is 11.2. The van der Waals surface area contributed by atoms with Crippen molar-refractivity contribution in [2.24, 2.45) is 0 Å². The van der Waals surface area contributed by atoms with Crippen molar-refractivity contribution in [2.45, 2.75) is 13.0 Å². The van der Waals surface area contributed by atoms with Crippen molar-refractivity contribution in [1.82, 2.24) is 4.57 Å². The predicted octanol–water partition coefficient (Wildman–Crippen LogP) is 5.95. The second kappa shape index (κ2) is 6.48. The highest BCUT2D eigenvalue weighted by molar-refractivity contribution is 9.10. The third-order valence-electron chi connectivity index (χ3n) is 4.24. The molecule has 3 nitrogen and oxygen atoms in total. The average molecular weight is 435 g/mol. The van der Waals surface area contributed by atoms with Gasteiger partial charge in [0.1, 0.15) is 0 Å². The summed E-state index contributed by atoms with van der Waals surface area (Å²) in [5.74, 6) is -0.824. The molecule has 0 saturated heterocycles. The molecule has 0 aliphatic carbocycles. The molecule has 0 atom stereocenters. The van der Waals surface area contributed by atoms with Gasteiger partial charge in [-0.3, -0.25) is 4.79 Å². The lowest BCUT2D eigenvalue weighted by atomic mass is 10.1. The Morgan fingerprint density at radius 3 is 2.84 bits per heavy atom. The molecule has 0 amide bonds. The molecule has 25 heavy (non-hydrogen) atoms. The molecule has 0 aliphatic heterocycles. The quantitative estimate of drug-likeness (QED) is 0.431. The van der Waals surface area contributed by atoms with Crippen molar-refractivity contribution in [1.29, 1.82) is 0 Å². The van der Waals surface area contributed by atoms with E-state index in [0.29, 0.717) is 6.54 Å². The molecular weight excluding hydrogens is 422 g/mol. The molecule has 0 radical (unpaired) electrons. The molecule has 126 valence electrons. The molecule has 4 aromatic rings. The van der Waals surface area contributed by atoms with Gasteiger partial charge in [-0.25, -0.2) is 0 Å². The molecule has 2 aromatic carbocycles. The number of halogens is 2. The van der Waals surface area contributed by atoms with Crippen LogP contribution in [0.4, 0.5) is 0 Å². The van der Waals surface area contributed by atoms with Crippen LogP contribution in [-0.2, 0) is 17.8 Å². The van der Waals surface area contributed by atoms with Crippen LogP contribution in [-0.4, -0.2) is 15.6 Å². The summed E-state index contributed by atoms with van der Waals surface area (Å²) in [5.41, 5.74) is 3.03. The number of hydrogen-bond donors (Lipinski definition) is 1. The summed E-state index contributed by atoms with van der Waals surface area (Å²) in [6, 6.07) is 11.9. The molecular formula is C19H13BrClNO2S. The van der Waals surface area contributed by atoms with Crippen LogP contribution in [0.15, 0.2) is 52.4 Å². The Balaban J connectivity index is 1.84. The zero-order valence-electron chi connectivity index (χ0n) is 13.0. The third-order valence-corrected chi connectivity index (χ3v) is 6.24. The van der Waals surface area contributed by atoms with Crippen LogP contribution in [0, 0.1) is 0 Å². The van der Waals surface area contributed by atoms with Gasteiger partial charge in [-0.15, -0.1) is 11.3 Å². The minimum atomic E-state index is -0.824. The largest absolute Gasteiger partial charge is 0.481 e. The van der Waals surface area contributed by atoms with Crippen LogP contribution in [0.1, 0.15) is 11.1 Å². The number of carboxylic acid groups (broad SMARTS) is 1. The predicted molar refractivity (Wildman–Crippen MR) is 107 cm³/mol. The summed E-state index contributed by atoms with van der Waals surface area (Å²) in [7, 11) is 0. The maximum absolute atomic E-state index is 11.2. The van der Waals surface area contributed by atoms with E-state index in [1.165, 1.54) is 5.56 Å². The second-order valence-corrected chi connectivity index (χ2v) is 8.09. The van der Waals surface area contributed by atoms with E-state index in [0.717, 1.165) is 36.0 Å². The fraction of sp³-hybridized carbons (Fsp3) is 0.105. The Morgan fingerprint density at radius 1 is 1.20 bits per heavy atom. The molecule has 2 aromatic heterocycles. The van der Waals surface area contributed by atoms with E-state index in [-0.39, 0.29) is 6.42 Å². The Kier molecular flexibility index (Phi) is 4.31. The maximum Gasteiger partial charge on any atom is 0.307 e. The van der Waals surface area contributed by atoms with Crippen molar-refractivity contribution < 1.29 is 9.90 Å². The first kappa shape index (κ1) is 16.6. The highest BCUT2D eigenvalue weighted by Crippen LogP contribution is 2.33. The average Bonchev–Trinajstić information content (AvgIpc) is 3.11.